The Morgan fingerprint density at radius 2 is 2.24 bits per heavy atom. The van der Waals surface area contributed by atoms with Gasteiger partial charge in [0.1, 0.15) is 17.3 Å². The zero-order valence-electron chi connectivity index (χ0n) is 11.2. The molecule has 0 bridgehead atoms. The predicted molar refractivity (Wildman–Crippen MR) is 80.7 cm³/mol. The van der Waals surface area contributed by atoms with Crippen molar-refractivity contribution in [3.05, 3.63) is 57.5 Å². The summed E-state index contributed by atoms with van der Waals surface area (Å²) in [6.45, 7) is 0.184. The summed E-state index contributed by atoms with van der Waals surface area (Å²) < 4.78 is 13.0. The van der Waals surface area contributed by atoms with E-state index in [0.717, 1.165) is 5.56 Å². The molecule has 3 nitrogen and oxygen atoms in total. The highest BCUT2D eigenvalue weighted by molar-refractivity contribution is 7.12. The number of benzene rings is 1. The molecular formula is C16H14FNO2S. The third kappa shape index (κ3) is 4.42. The quantitative estimate of drug-likeness (QED) is 0.851. The zero-order chi connectivity index (χ0) is 15.1. The van der Waals surface area contributed by atoms with Crippen LogP contribution in [0.3, 0.4) is 0 Å². The normalized spacial score (nSPS) is 9.81. The lowest BCUT2D eigenvalue weighted by Crippen LogP contribution is -2.25. The lowest BCUT2D eigenvalue weighted by atomic mass is 10.1. The van der Waals surface area contributed by atoms with Crippen LogP contribution in [0.4, 0.5) is 4.39 Å². The number of aliphatic hydroxyl groups is 1. The van der Waals surface area contributed by atoms with Gasteiger partial charge in [-0.3, -0.25) is 4.79 Å². The highest BCUT2D eigenvalue weighted by Crippen LogP contribution is 2.15. The Labute approximate surface area is 126 Å². The van der Waals surface area contributed by atoms with E-state index in [0.29, 0.717) is 23.4 Å². The first kappa shape index (κ1) is 15.2. The molecule has 0 saturated heterocycles. The van der Waals surface area contributed by atoms with Gasteiger partial charge in [-0.05, 0) is 35.6 Å². The first-order valence-corrected chi connectivity index (χ1v) is 7.28. The number of amides is 1. The zero-order valence-corrected chi connectivity index (χ0v) is 12.0. The minimum Gasteiger partial charge on any atom is -0.384 e. The average Bonchev–Trinajstić information content (AvgIpc) is 2.93. The molecule has 0 unspecified atom stereocenters. The van der Waals surface area contributed by atoms with E-state index in [2.05, 4.69) is 17.2 Å². The molecule has 2 rings (SSSR count). The van der Waals surface area contributed by atoms with Crippen LogP contribution in [0.1, 0.15) is 20.8 Å². The molecule has 0 fully saturated rings. The molecule has 108 valence electrons. The highest BCUT2D eigenvalue weighted by atomic mass is 32.1. The van der Waals surface area contributed by atoms with Crippen LogP contribution in [0.25, 0.3) is 0 Å². The molecule has 1 aromatic carbocycles. The van der Waals surface area contributed by atoms with E-state index in [-0.39, 0.29) is 18.3 Å². The number of aliphatic hydroxyl groups excluding tert-OH is 1. The number of hydrogen-bond acceptors (Lipinski definition) is 3. The number of carbonyl (C=O) groups excluding carboxylic acids is 1. The molecule has 21 heavy (non-hydrogen) atoms. The molecule has 1 heterocycles. The van der Waals surface area contributed by atoms with Gasteiger partial charge in [-0.25, -0.2) is 4.39 Å². The van der Waals surface area contributed by atoms with Gasteiger partial charge in [0.2, 0.25) is 0 Å². The molecule has 0 aliphatic rings. The van der Waals surface area contributed by atoms with Crippen molar-refractivity contribution in [1.82, 2.24) is 5.32 Å². The number of thiophene rings is 1. The second kappa shape index (κ2) is 7.58. The van der Waals surface area contributed by atoms with E-state index in [4.69, 9.17) is 5.11 Å². The molecule has 0 radical (unpaired) electrons. The van der Waals surface area contributed by atoms with Gasteiger partial charge in [-0.1, -0.05) is 24.0 Å². The Bertz CT molecular complexity index is 685. The van der Waals surface area contributed by atoms with Crippen molar-refractivity contribution in [2.45, 2.75) is 6.42 Å². The van der Waals surface area contributed by atoms with Crippen molar-refractivity contribution in [2.24, 2.45) is 0 Å². The van der Waals surface area contributed by atoms with Crippen molar-refractivity contribution in [3.63, 3.8) is 0 Å². The fraction of sp³-hybridized carbons (Fsp3) is 0.188. The van der Waals surface area contributed by atoms with Crippen molar-refractivity contribution in [3.8, 4) is 11.8 Å². The highest BCUT2D eigenvalue weighted by Gasteiger charge is 2.11. The standard InChI is InChI=1S/C16H14FNO2S/c17-14-5-1-3-12(11-14)6-8-18-16(20)15-13(4-2-9-19)7-10-21-15/h1,3,5,7,10-11,19H,6,8-9H2,(H,18,20). The molecule has 2 N–H and O–H groups in total. The third-order valence-electron chi connectivity index (χ3n) is 2.76. The maximum atomic E-state index is 13.0. The SMILES string of the molecule is O=C(NCCc1cccc(F)c1)c1sccc1C#CCO. The molecule has 0 aliphatic carbocycles. The van der Waals surface area contributed by atoms with Gasteiger partial charge in [0.05, 0.1) is 0 Å². The second-order valence-electron chi connectivity index (χ2n) is 4.26. The number of halogens is 1. The molecule has 5 heteroatoms. The summed E-state index contributed by atoms with van der Waals surface area (Å²) in [6.07, 6.45) is 0.562. The van der Waals surface area contributed by atoms with Gasteiger partial charge in [0.25, 0.3) is 5.91 Å². The topological polar surface area (TPSA) is 49.3 Å². The maximum Gasteiger partial charge on any atom is 0.262 e. The van der Waals surface area contributed by atoms with Crippen molar-refractivity contribution >= 4 is 17.2 Å². The molecular weight excluding hydrogens is 289 g/mol. The summed E-state index contributed by atoms with van der Waals surface area (Å²) in [6, 6.07) is 8.05. The monoisotopic (exact) mass is 303 g/mol. The van der Waals surface area contributed by atoms with Gasteiger partial charge in [0.15, 0.2) is 0 Å². The summed E-state index contributed by atoms with van der Waals surface area (Å²) >= 11 is 1.30. The fourth-order valence-corrected chi connectivity index (χ4v) is 2.58. The van der Waals surface area contributed by atoms with Crippen LogP contribution in [0, 0.1) is 17.7 Å². The summed E-state index contributed by atoms with van der Waals surface area (Å²) in [4.78, 5) is 12.6. The minimum atomic E-state index is -0.279. The molecule has 0 saturated carbocycles. The molecule has 0 aliphatic heterocycles. The first-order valence-electron chi connectivity index (χ1n) is 6.40. The van der Waals surface area contributed by atoms with Crippen LogP contribution < -0.4 is 5.32 Å². The summed E-state index contributed by atoms with van der Waals surface area (Å²) in [5.41, 5.74) is 1.44. The van der Waals surface area contributed by atoms with Gasteiger partial charge in [-0.15, -0.1) is 11.3 Å². The van der Waals surface area contributed by atoms with Crippen LogP contribution in [0.15, 0.2) is 35.7 Å². The van der Waals surface area contributed by atoms with Crippen LogP contribution in [0.5, 0.6) is 0 Å². The summed E-state index contributed by atoms with van der Waals surface area (Å²) in [7, 11) is 0. The fourth-order valence-electron chi connectivity index (χ4n) is 1.81. The smallest absolute Gasteiger partial charge is 0.262 e. The Morgan fingerprint density at radius 1 is 1.38 bits per heavy atom. The molecule has 1 amide bonds. The Morgan fingerprint density at radius 3 is 3.00 bits per heavy atom. The van der Waals surface area contributed by atoms with E-state index in [1.807, 2.05) is 6.07 Å². The Kier molecular flexibility index (Phi) is 5.50. The first-order chi connectivity index (χ1) is 10.2. The number of rotatable bonds is 4. The van der Waals surface area contributed by atoms with E-state index in [1.165, 1.54) is 23.5 Å². The van der Waals surface area contributed by atoms with Gasteiger partial charge >= 0.3 is 0 Å². The number of nitrogens with one attached hydrogen (secondary N) is 1. The Hall–Kier alpha value is -2.16. The van der Waals surface area contributed by atoms with Crippen LogP contribution in [-0.4, -0.2) is 24.2 Å². The minimum absolute atomic E-state index is 0.205. The molecule has 2 aromatic rings. The summed E-state index contributed by atoms with van der Waals surface area (Å²) in [5, 5.41) is 13.3. The van der Waals surface area contributed by atoms with Crippen molar-refractivity contribution < 1.29 is 14.3 Å². The van der Waals surface area contributed by atoms with Gasteiger partial charge < -0.3 is 10.4 Å². The molecule has 0 atom stereocenters. The van der Waals surface area contributed by atoms with E-state index >= 15 is 0 Å². The van der Waals surface area contributed by atoms with E-state index in [9.17, 15) is 9.18 Å². The summed E-state index contributed by atoms with van der Waals surface area (Å²) in [5.74, 6) is 4.78. The lowest BCUT2D eigenvalue weighted by Gasteiger charge is -2.04. The average molecular weight is 303 g/mol. The largest absolute Gasteiger partial charge is 0.384 e. The number of hydrogen-bond donors (Lipinski definition) is 2. The van der Waals surface area contributed by atoms with Gasteiger partial charge in [0, 0.05) is 12.1 Å². The third-order valence-corrected chi connectivity index (χ3v) is 3.68. The van der Waals surface area contributed by atoms with E-state index in [1.54, 1.807) is 17.5 Å². The Balaban J connectivity index is 1.92. The molecule has 1 aromatic heterocycles. The van der Waals surface area contributed by atoms with Crippen LogP contribution in [-0.2, 0) is 6.42 Å². The number of carbonyl (C=O) groups is 1. The van der Waals surface area contributed by atoms with E-state index < -0.39 is 0 Å². The van der Waals surface area contributed by atoms with Crippen LogP contribution in [0.2, 0.25) is 0 Å². The lowest BCUT2D eigenvalue weighted by molar-refractivity contribution is 0.0958. The van der Waals surface area contributed by atoms with Crippen molar-refractivity contribution in [2.75, 3.05) is 13.2 Å². The van der Waals surface area contributed by atoms with Crippen molar-refractivity contribution in [1.29, 1.82) is 0 Å². The second-order valence-corrected chi connectivity index (χ2v) is 5.18. The van der Waals surface area contributed by atoms with Gasteiger partial charge in [-0.2, -0.15) is 0 Å². The predicted octanol–water partition coefficient (Wildman–Crippen LogP) is 2.20. The molecule has 0 spiro atoms. The maximum absolute atomic E-state index is 13.0. The van der Waals surface area contributed by atoms with Crippen LogP contribution >= 0.6 is 11.3 Å².